The summed E-state index contributed by atoms with van der Waals surface area (Å²) in [6, 6.07) is 2.02. The molecular formula is C14H21N3O3. The van der Waals surface area contributed by atoms with E-state index in [1.165, 1.54) is 7.11 Å². The minimum Gasteiger partial charge on any atom is -0.474 e. The average molecular weight is 279 g/mol. The molecule has 0 radical (unpaired) electrons. The van der Waals surface area contributed by atoms with Crippen molar-refractivity contribution < 1.29 is 14.3 Å². The second-order valence-electron chi connectivity index (χ2n) is 5.18. The van der Waals surface area contributed by atoms with Crippen LogP contribution in [0.5, 0.6) is 11.9 Å². The molecule has 110 valence electrons. The molecule has 0 N–H and O–H groups in total. The number of hydrogen-bond acceptors (Lipinski definition) is 5. The molecular weight excluding hydrogens is 258 g/mol. The lowest BCUT2D eigenvalue weighted by molar-refractivity contribution is -0.136. The zero-order valence-corrected chi connectivity index (χ0v) is 12.2. The van der Waals surface area contributed by atoms with E-state index in [4.69, 9.17) is 9.47 Å². The molecule has 6 heteroatoms. The standard InChI is InChI=1S/C14H21N3O3/c1-10(2)13(18)17-8-5-11(6-9-17)20-12-4-7-15-14(16-12)19-3/h4,7,10-11H,5-6,8-9H2,1-3H3. The molecule has 0 saturated carbocycles. The third-order valence-electron chi connectivity index (χ3n) is 3.33. The zero-order chi connectivity index (χ0) is 14.5. The minimum atomic E-state index is 0.0543. The van der Waals surface area contributed by atoms with Gasteiger partial charge in [-0.3, -0.25) is 4.79 Å². The molecule has 0 spiro atoms. The van der Waals surface area contributed by atoms with Crippen LogP contribution in [0, 0.1) is 5.92 Å². The highest BCUT2D eigenvalue weighted by molar-refractivity contribution is 5.78. The smallest absolute Gasteiger partial charge is 0.319 e. The summed E-state index contributed by atoms with van der Waals surface area (Å²) in [6.07, 6.45) is 3.35. The molecule has 2 heterocycles. The predicted molar refractivity (Wildman–Crippen MR) is 73.7 cm³/mol. The summed E-state index contributed by atoms with van der Waals surface area (Å²) in [7, 11) is 1.52. The topological polar surface area (TPSA) is 64.6 Å². The molecule has 0 aromatic carbocycles. The lowest BCUT2D eigenvalue weighted by atomic mass is 10.1. The van der Waals surface area contributed by atoms with Crippen molar-refractivity contribution in [2.24, 2.45) is 5.92 Å². The number of likely N-dealkylation sites (tertiary alicyclic amines) is 1. The van der Waals surface area contributed by atoms with Crippen molar-refractivity contribution in [2.75, 3.05) is 20.2 Å². The van der Waals surface area contributed by atoms with Gasteiger partial charge in [0.15, 0.2) is 0 Å². The number of nitrogens with zero attached hydrogens (tertiary/aromatic N) is 3. The number of ether oxygens (including phenoxy) is 2. The van der Waals surface area contributed by atoms with Crippen LogP contribution >= 0.6 is 0 Å². The summed E-state index contributed by atoms with van der Waals surface area (Å²) >= 11 is 0. The lowest BCUT2D eigenvalue weighted by Gasteiger charge is -2.32. The first-order valence-electron chi connectivity index (χ1n) is 6.92. The number of methoxy groups -OCH3 is 1. The lowest BCUT2D eigenvalue weighted by Crippen LogP contribution is -2.43. The maximum atomic E-state index is 11.9. The van der Waals surface area contributed by atoms with Gasteiger partial charge in [0.05, 0.1) is 7.11 Å². The van der Waals surface area contributed by atoms with E-state index in [1.807, 2.05) is 18.7 Å². The second kappa shape index (κ2) is 6.54. The van der Waals surface area contributed by atoms with E-state index >= 15 is 0 Å². The molecule has 0 aliphatic carbocycles. The van der Waals surface area contributed by atoms with Gasteiger partial charge >= 0.3 is 6.01 Å². The predicted octanol–water partition coefficient (Wildman–Crippen LogP) is 1.51. The minimum absolute atomic E-state index is 0.0543. The van der Waals surface area contributed by atoms with Crippen molar-refractivity contribution in [3.63, 3.8) is 0 Å². The third-order valence-corrected chi connectivity index (χ3v) is 3.33. The van der Waals surface area contributed by atoms with Crippen LogP contribution in [0.3, 0.4) is 0 Å². The van der Waals surface area contributed by atoms with Crippen LogP contribution in [0.1, 0.15) is 26.7 Å². The molecule has 0 unspecified atom stereocenters. The SMILES string of the molecule is COc1nccc(OC2CCN(C(=O)C(C)C)CC2)n1. The Hall–Kier alpha value is -1.85. The van der Waals surface area contributed by atoms with E-state index in [9.17, 15) is 4.79 Å². The van der Waals surface area contributed by atoms with Crippen LogP contribution in [-0.4, -0.2) is 47.1 Å². The number of rotatable bonds is 4. The van der Waals surface area contributed by atoms with Crippen molar-refractivity contribution in [1.29, 1.82) is 0 Å². The summed E-state index contributed by atoms with van der Waals surface area (Å²) in [5.74, 6) is 0.788. The van der Waals surface area contributed by atoms with Gasteiger partial charge in [-0.2, -0.15) is 4.98 Å². The van der Waals surface area contributed by atoms with E-state index in [0.717, 1.165) is 25.9 Å². The third kappa shape index (κ3) is 3.59. The molecule has 1 aromatic rings. The Kier molecular flexibility index (Phi) is 4.76. The quantitative estimate of drug-likeness (QED) is 0.836. The summed E-state index contributed by atoms with van der Waals surface area (Å²) in [4.78, 5) is 21.9. The molecule has 1 aliphatic rings. The largest absolute Gasteiger partial charge is 0.474 e. The average Bonchev–Trinajstić information content (AvgIpc) is 2.47. The number of carbonyl (C=O) groups is 1. The second-order valence-corrected chi connectivity index (χ2v) is 5.18. The molecule has 1 fully saturated rings. The van der Waals surface area contributed by atoms with Gasteiger partial charge in [0.2, 0.25) is 11.8 Å². The van der Waals surface area contributed by atoms with E-state index < -0.39 is 0 Å². The first-order chi connectivity index (χ1) is 9.60. The van der Waals surface area contributed by atoms with E-state index in [0.29, 0.717) is 11.9 Å². The molecule has 6 nitrogen and oxygen atoms in total. The molecule has 0 bridgehead atoms. The highest BCUT2D eigenvalue weighted by Gasteiger charge is 2.25. The Morgan fingerprint density at radius 2 is 2.10 bits per heavy atom. The number of amides is 1. The Morgan fingerprint density at radius 3 is 2.70 bits per heavy atom. The van der Waals surface area contributed by atoms with E-state index in [2.05, 4.69) is 9.97 Å². The first-order valence-corrected chi connectivity index (χ1v) is 6.92. The van der Waals surface area contributed by atoms with Crippen molar-refractivity contribution >= 4 is 5.91 Å². The molecule has 1 aromatic heterocycles. The normalized spacial score (nSPS) is 16.3. The number of hydrogen-bond donors (Lipinski definition) is 0. The van der Waals surface area contributed by atoms with Gasteiger partial charge in [-0.15, -0.1) is 0 Å². The van der Waals surface area contributed by atoms with E-state index in [-0.39, 0.29) is 17.9 Å². The van der Waals surface area contributed by atoms with Gasteiger partial charge < -0.3 is 14.4 Å². The van der Waals surface area contributed by atoms with Crippen LogP contribution < -0.4 is 9.47 Å². The van der Waals surface area contributed by atoms with Crippen molar-refractivity contribution in [3.05, 3.63) is 12.3 Å². The van der Waals surface area contributed by atoms with Gasteiger partial charge in [-0.1, -0.05) is 13.8 Å². The van der Waals surface area contributed by atoms with Gasteiger partial charge in [-0.05, 0) is 0 Å². The molecule has 2 rings (SSSR count). The molecule has 1 amide bonds. The van der Waals surface area contributed by atoms with Crippen LogP contribution in [0.15, 0.2) is 12.3 Å². The van der Waals surface area contributed by atoms with E-state index in [1.54, 1.807) is 12.3 Å². The highest BCUT2D eigenvalue weighted by Crippen LogP contribution is 2.19. The van der Waals surface area contributed by atoms with Gasteiger partial charge in [-0.25, -0.2) is 4.98 Å². The summed E-state index contributed by atoms with van der Waals surface area (Å²) in [5, 5.41) is 0. The summed E-state index contributed by atoms with van der Waals surface area (Å²) in [5.41, 5.74) is 0. The highest BCUT2D eigenvalue weighted by atomic mass is 16.5. The summed E-state index contributed by atoms with van der Waals surface area (Å²) in [6.45, 7) is 5.34. The van der Waals surface area contributed by atoms with Crippen LogP contribution in [-0.2, 0) is 4.79 Å². The Balaban J connectivity index is 1.86. The van der Waals surface area contributed by atoms with Crippen LogP contribution in [0.4, 0.5) is 0 Å². The van der Waals surface area contributed by atoms with Gasteiger partial charge in [0.25, 0.3) is 0 Å². The number of aromatic nitrogens is 2. The van der Waals surface area contributed by atoms with Crippen molar-refractivity contribution in [1.82, 2.24) is 14.9 Å². The number of piperidine rings is 1. The zero-order valence-electron chi connectivity index (χ0n) is 12.2. The van der Waals surface area contributed by atoms with Crippen molar-refractivity contribution in [3.8, 4) is 11.9 Å². The van der Waals surface area contributed by atoms with Crippen LogP contribution in [0.2, 0.25) is 0 Å². The first kappa shape index (κ1) is 14.6. The monoisotopic (exact) mass is 279 g/mol. The Bertz CT molecular complexity index is 457. The van der Waals surface area contributed by atoms with Crippen molar-refractivity contribution in [2.45, 2.75) is 32.8 Å². The Morgan fingerprint density at radius 1 is 1.40 bits per heavy atom. The molecule has 1 aliphatic heterocycles. The maximum absolute atomic E-state index is 11.9. The Labute approximate surface area is 119 Å². The number of carbonyl (C=O) groups excluding carboxylic acids is 1. The van der Waals surface area contributed by atoms with Crippen LogP contribution in [0.25, 0.3) is 0 Å². The summed E-state index contributed by atoms with van der Waals surface area (Å²) < 4.78 is 10.8. The van der Waals surface area contributed by atoms with Gasteiger partial charge in [0.1, 0.15) is 6.10 Å². The molecule has 0 atom stereocenters. The van der Waals surface area contributed by atoms with Gasteiger partial charge in [0, 0.05) is 44.1 Å². The molecule has 1 saturated heterocycles. The fourth-order valence-corrected chi connectivity index (χ4v) is 2.22. The fourth-order valence-electron chi connectivity index (χ4n) is 2.22. The fraction of sp³-hybridized carbons (Fsp3) is 0.643. The molecule has 20 heavy (non-hydrogen) atoms. The maximum Gasteiger partial charge on any atom is 0.319 e.